The minimum Gasteiger partial charge on any atom is -0.454 e. The van der Waals surface area contributed by atoms with E-state index >= 15 is 0 Å². The van der Waals surface area contributed by atoms with Gasteiger partial charge in [-0.05, 0) is 56.2 Å². The average Bonchev–Trinajstić information content (AvgIpc) is 3.33. The zero-order chi connectivity index (χ0) is 26.4. The van der Waals surface area contributed by atoms with Crippen LogP contribution in [0.2, 0.25) is 5.02 Å². The van der Waals surface area contributed by atoms with E-state index in [0.29, 0.717) is 27.9 Å². The van der Waals surface area contributed by atoms with Gasteiger partial charge in [-0.1, -0.05) is 30.9 Å². The van der Waals surface area contributed by atoms with Gasteiger partial charge in [0.15, 0.2) is 11.5 Å². The predicted molar refractivity (Wildman–Crippen MR) is 142 cm³/mol. The van der Waals surface area contributed by atoms with Crippen molar-refractivity contribution in [3.8, 4) is 11.5 Å². The SMILES string of the molecule is CC(C(=O)NC1CCCCC1)N(C(=O)CS(=O)CC(=O)Nc1ccc2c(c1)OCO2)c1ccc(Cl)cc1. The molecule has 3 amide bonds. The first-order chi connectivity index (χ1) is 17.8. The van der Waals surface area contributed by atoms with Crippen LogP contribution in [0.4, 0.5) is 11.4 Å². The molecule has 2 unspecified atom stereocenters. The molecule has 9 nitrogen and oxygen atoms in total. The molecule has 4 rings (SSSR count). The highest BCUT2D eigenvalue weighted by atomic mass is 35.5. The fourth-order valence-electron chi connectivity index (χ4n) is 4.45. The van der Waals surface area contributed by atoms with Crippen LogP contribution in [0.15, 0.2) is 42.5 Å². The van der Waals surface area contributed by atoms with Crippen molar-refractivity contribution in [2.45, 2.75) is 51.1 Å². The molecule has 11 heteroatoms. The molecule has 0 radical (unpaired) electrons. The molecule has 1 aliphatic heterocycles. The highest BCUT2D eigenvalue weighted by molar-refractivity contribution is 7.86. The number of benzene rings is 2. The van der Waals surface area contributed by atoms with E-state index in [-0.39, 0.29) is 24.5 Å². The van der Waals surface area contributed by atoms with Crippen LogP contribution in [0.25, 0.3) is 0 Å². The lowest BCUT2D eigenvalue weighted by atomic mass is 9.95. The summed E-state index contributed by atoms with van der Waals surface area (Å²) in [7, 11) is -1.80. The Kier molecular flexibility index (Phi) is 9.04. The van der Waals surface area contributed by atoms with Crippen LogP contribution in [0.3, 0.4) is 0 Å². The van der Waals surface area contributed by atoms with Gasteiger partial charge in [0.05, 0.1) is 0 Å². The fourth-order valence-corrected chi connectivity index (χ4v) is 5.45. The molecule has 0 spiro atoms. The van der Waals surface area contributed by atoms with Crippen LogP contribution in [0.5, 0.6) is 11.5 Å². The number of carbonyl (C=O) groups is 3. The van der Waals surface area contributed by atoms with E-state index in [4.69, 9.17) is 21.1 Å². The Bertz CT molecular complexity index is 1170. The molecule has 0 saturated heterocycles. The third-order valence-corrected chi connectivity index (χ3v) is 7.73. The Hall–Kier alpha value is -3.11. The van der Waals surface area contributed by atoms with Gasteiger partial charge in [0.1, 0.15) is 17.5 Å². The van der Waals surface area contributed by atoms with Crippen LogP contribution >= 0.6 is 11.6 Å². The number of rotatable bonds is 9. The maximum absolute atomic E-state index is 13.3. The van der Waals surface area contributed by atoms with E-state index in [9.17, 15) is 18.6 Å². The first kappa shape index (κ1) is 26.9. The number of hydrogen-bond acceptors (Lipinski definition) is 6. The van der Waals surface area contributed by atoms with Crippen LogP contribution in [0.1, 0.15) is 39.0 Å². The van der Waals surface area contributed by atoms with Crippen LogP contribution < -0.4 is 25.0 Å². The summed E-state index contributed by atoms with van der Waals surface area (Å²) < 4.78 is 23.3. The molecule has 1 fully saturated rings. The second-order valence-electron chi connectivity index (χ2n) is 9.10. The molecule has 2 aromatic carbocycles. The minimum absolute atomic E-state index is 0.0832. The van der Waals surface area contributed by atoms with Gasteiger partial charge in [-0.2, -0.15) is 0 Å². The number of carbonyl (C=O) groups excluding carboxylic acids is 3. The molecular formula is C26H30ClN3O6S. The number of nitrogens with one attached hydrogen (secondary N) is 2. The van der Waals surface area contributed by atoms with Crippen molar-refractivity contribution >= 4 is 51.5 Å². The van der Waals surface area contributed by atoms with Gasteiger partial charge >= 0.3 is 0 Å². The van der Waals surface area contributed by atoms with E-state index < -0.39 is 34.4 Å². The molecule has 37 heavy (non-hydrogen) atoms. The first-order valence-electron chi connectivity index (χ1n) is 12.2. The Labute approximate surface area is 223 Å². The van der Waals surface area contributed by atoms with E-state index in [0.717, 1.165) is 32.1 Å². The van der Waals surface area contributed by atoms with Crippen LogP contribution in [-0.2, 0) is 25.2 Å². The molecule has 1 saturated carbocycles. The van der Waals surface area contributed by atoms with E-state index in [1.54, 1.807) is 49.4 Å². The van der Waals surface area contributed by atoms with Crippen LogP contribution in [-0.4, -0.2) is 52.3 Å². The highest BCUT2D eigenvalue weighted by Gasteiger charge is 2.30. The quantitative estimate of drug-likeness (QED) is 0.495. The van der Waals surface area contributed by atoms with E-state index in [1.807, 2.05) is 0 Å². The third-order valence-electron chi connectivity index (χ3n) is 6.32. The number of halogens is 1. The largest absolute Gasteiger partial charge is 0.454 e. The van der Waals surface area contributed by atoms with Gasteiger partial charge in [0, 0.05) is 39.3 Å². The molecular weight excluding hydrogens is 518 g/mol. The van der Waals surface area contributed by atoms with Crippen molar-refractivity contribution in [2.75, 3.05) is 28.5 Å². The van der Waals surface area contributed by atoms with Crippen LogP contribution in [0, 0.1) is 0 Å². The Morgan fingerprint density at radius 1 is 1.03 bits per heavy atom. The normalized spacial score (nSPS) is 16.5. The highest BCUT2D eigenvalue weighted by Crippen LogP contribution is 2.34. The standard InChI is InChI=1S/C26H30ClN3O6S/c1-17(26(33)29-19-5-3-2-4-6-19)30(21-10-7-18(27)8-11-21)25(32)15-37(34)14-24(31)28-20-9-12-22-23(13-20)36-16-35-22/h7-13,17,19H,2-6,14-16H2,1H3,(H,28,31)(H,29,33). The molecule has 1 aliphatic carbocycles. The molecule has 198 valence electrons. The maximum Gasteiger partial charge on any atom is 0.243 e. The number of ether oxygens (including phenoxy) is 2. The monoisotopic (exact) mass is 547 g/mol. The second-order valence-corrected chi connectivity index (χ2v) is 11.0. The first-order valence-corrected chi connectivity index (χ1v) is 14.1. The van der Waals surface area contributed by atoms with E-state index in [1.165, 1.54) is 4.90 Å². The Morgan fingerprint density at radius 3 is 2.46 bits per heavy atom. The molecule has 1 heterocycles. The Morgan fingerprint density at radius 2 is 1.73 bits per heavy atom. The average molecular weight is 548 g/mol. The summed E-state index contributed by atoms with van der Waals surface area (Å²) in [5.74, 6) is -1.02. The molecule has 2 aromatic rings. The van der Waals surface area contributed by atoms with Crippen molar-refractivity contribution < 1.29 is 28.1 Å². The zero-order valence-corrected chi connectivity index (χ0v) is 22.1. The summed E-state index contributed by atoms with van der Waals surface area (Å²) in [6.07, 6.45) is 5.11. The molecule has 2 N–H and O–H groups in total. The number of fused-ring (bicyclic) bond motifs is 1. The molecule has 0 aromatic heterocycles. The van der Waals surface area contributed by atoms with Gasteiger partial charge in [-0.25, -0.2) is 0 Å². The van der Waals surface area contributed by atoms with Gasteiger partial charge in [-0.3, -0.25) is 23.5 Å². The lowest BCUT2D eigenvalue weighted by Gasteiger charge is -2.31. The molecule has 0 bridgehead atoms. The van der Waals surface area contributed by atoms with Crippen molar-refractivity contribution in [2.24, 2.45) is 0 Å². The summed E-state index contributed by atoms with van der Waals surface area (Å²) >= 11 is 6.02. The van der Waals surface area contributed by atoms with Crippen molar-refractivity contribution in [3.63, 3.8) is 0 Å². The van der Waals surface area contributed by atoms with Gasteiger partial charge in [-0.15, -0.1) is 0 Å². The lowest BCUT2D eigenvalue weighted by Crippen LogP contribution is -2.52. The second kappa shape index (κ2) is 12.4. The lowest BCUT2D eigenvalue weighted by molar-refractivity contribution is -0.126. The van der Waals surface area contributed by atoms with Gasteiger partial charge in [0.25, 0.3) is 0 Å². The summed E-state index contributed by atoms with van der Waals surface area (Å²) in [5.41, 5.74) is 0.927. The minimum atomic E-state index is -1.80. The van der Waals surface area contributed by atoms with Gasteiger partial charge in [0.2, 0.25) is 24.5 Å². The summed E-state index contributed by atoms with van der Waals surface area (Å²) in [6, 6.07) is 10.7. The van der Waals surface area contributed by atoms with E-state index in [2.05, 4.69) is 10.6 Å². The number of nitrogens with zero attached hydrogens (tertiary/aromatic N) is 1. The molecule has 2 aliphatic rings. The van der Waals surface area contributed by atoms with Gasteiger partial charge < -0.3 is 20.1 Å². The summed E-state index contributed by atoms with van der Waals surface area (Å²) in [4.78, 5) is 40.1. The fraction of sp³-hybridized carbons (Fsp3) is 0.423. The Balaban J connectivity index is 1.39. The number of amides is 3. The number of hydrogen-bond donors (Lipinski definition) is 2. The third kappa shape index (κ3) is 7.23. The number of anilines is 2. The smallest absolute Gasteiger partial charge is 0.243 e. The zero-order valence-electron chi connectivity index (χ0n) is 20.5. The van der Waals surface area contributed by atoms with Crippen molar-refractivity contribution in [3.05, 3.63) is 47.5 Å². The summed E-state index contributed by atoms with van der Waals surface area (Å²) in [5, 5.41) is 6.19. The predicted octanol–water partition coefficient (Wildman–Crippen LogP) is 3.63. The summed E-state index contributed by atoms with van der Waals surface area (Å²) in [6.45, 7) is 1.75. The van der Waals surface area contributed by atoms with Crippen molar-refractivity contribution in [1.29, 1.82) is 0 Å². The van der Waals surface area contributed by atoms with Crippen molar-refractivity contribution in [1.82, 2.24) is 5.32 Å². The maximum atomic E-state index is 13.3. The topological polar surface area (TPSA) is 114 Å². The molecule has 2 atom stereocenters.